The molecule has 0 aromatic rings. The summed E-state index contributed by atoms with van der Waals surface area (Å²) in [4.78, 5) is 0. The Hall–Kier alpha value is -0.940. The number of aliphatic hydroxyl groups is 3. The number of rotatable bonds is 6. The fourth-order valence-electron chi connectivity index (χ4n) is 6.46. The molecule has 0 heterocycles. The molecule has 0 bridgehead atoms. The second-order valence-corrected chi connectivity index (χ2v) is 11.4. The summed E-state index contributed by atoms with van der Waals surface area (Å²) in [6, 6.07) is 0. The Kier molecular flexibility index (Phi) is 7.27. The summed E-state index contributed by atoms with van der Waals surface area (Å²) in [5.41, 5.74) is 2.85. The molecule has 6 atom stereocenters. The van der Waals surface area contributed by atoms with Crippen molar-refractivity contribution in [3.05, 3.63) is 35.5 Å². The van der Waals surface area contributed by atoms with Crippen molar-refractivity contribution in [3.8, 4) is 0 Å². The Balaban J connectivity index is 1.77. The quantitative estimate of drug-likeness (QED) is 0.547. The molecule has 0 unspecified atom stereocenters. The lowest BCUT2D eigenvalue weighted by atomic mass is 9.54. The maximum Gasteiger partial charge on any atom is 0.0811 e. The lowest BCUT2D eigenvalue weighted by Gasteiger charge is -2.51. The molecule has 3 fully saturated rings. The van der Waals surface area contributed by atoms with Gasteiger partial charge in [-0.25, -0.2) is 0 Å². The summed E-state index contributed by atoms with van der Waals surface area (Å²) in [5, 5.41) is 30.2. The number of aliphatic hydroxyl groups excluding tert-OH is 2. The van der Waals surface area contributed by atoms with Crippen molar-refractivity contribution in [2.45, 2.75) is 110 Å². The number of allylic oxidation sites excluding steroid dienone is 3. The molecule has 0 aliphatic heterocycles. The maximum absolute atomic E-state index is 10.2. The van der Waals surface area contributed by atoms with E-state index in [9.17, 15) is 15.3 Å². The monoisotopic (exact) mass is 432 g/mol. The summed E-state index contributed by atoms with van der Waals surface area (Å²) in [6.45, 7) is 15.4. The van der Waals surface area contributed by atoms with E-state index in [2.05, 4.69) is 39.5 Å². The fraction of sp³-hybridized carbons (Fsp3) is 0.778. The molecule has 3 saturated carbocycles. The van der Waals surface area contributed by atoms with Crippen LogP contribution in [0.3, 0.4) is 0 Å². The van der Waals surface area contributed by atoms with Gasteiger partial charge in [-0.3, -0.25) is 0 Å². The van der Waals surface area contributed by atoms with Gasteiger partial charge in [0, 0.05) is 13.0 Å². The van der Waals surface area contributed by atoms with E-state index < -0.39 is 17.8 Å². The van der Waals surface area contributed by atoms with Crippen molar-refractivity contribution in [2.24, 2.45) is 16.7 Å². The Bertz CT molecular complexity index is 730. The third kappa shape index (κ3) is 5.03. The molecule has 3 rings (SSSR count). The van der Waals surface area contributed by atoms with Crippen molar-refractivity contribution >= 4 is 0 Å². The van der Waals surface area contributed by atoms with Crippen LogP contribution in [0.25, 0.3) is 0 Å². The summed E-state index contributed by atoms with van der Waals surface area (Å²) in [7, 11) is 0. The molecular formula is C27H44O4. The predicted molar refractivity (Wildman–Crippen MR) is 126 cm³/mol. The van der Waals surface area contributed by atoms with E-state index >= 15 is 0 Å². The Morgan fingerprint density at radius 2 is 1.94 bits per heavy atom. The van der Waals surface area contributed by atoms with Crippen molar-refractivity contribution in [1.82, 2.24) is 0 Å². The van der Waals surface area contributed by atoms with Crippen molar-refractivity contribution in [2.75, 3.05) is 6.61 Å². The Morgan fingerprint density at radius 3 is 2.61 bits per heavy atom. The Morgan fingerprint density at radius 1 is 1.23 bits per heavy atom. The normalized spacial score (nSPS) is 40.4. The highest BCUT2D eigenvalue weighted by atomic mass is 16.5. The first-order chi connectivity index (χ1) is 14.4. The van der Waals surface area contributed by atoms with Gasteiger partial charge in [-0.15, -0.1) is 0 Å². The summed E-state index contributed by atoms with van der Waals surface area (Å²) >= 11 is 0. The van der Waals surface area contributed by atoms with Gasteiger partial charge in [-0.2, -0.15) is 0 Å². The highest BCUT2D eigenvalue weighted by Gasteiger charge is 2.58. The second-order valence-electron chi connectivity index (χ2n) is 11.4. The lowest BCUT2D eigenvalue weighted by Crippen LogP contribution is -2.44. The van der Waals surface area contributed by atoms with Gasteiger partial charge in [0.15, 0.2) is 0 Å². The van der Waals surface area contributed by atoms with Crippen LogP contribution < -0.4 is 0 Å². The second kappa shape index (κ2) is 9.13. The molecule has 3 aliphatic carbocycles. The zero-order chi connectivity index (χ0) is 23.0. The van der Waals surface area contributed by atoms with Gasteiger partial charge in [-0.1, -0.05) is 38.2 Å². The van der Waals surface area contributed by atoms with Crippen LogP contribution in [0.4, 0.5) is 0 Å². The largest absolute Gasteiger partial charge is 0.393 e. The van der Waals surface area contributed by atoms with Crippen LogP contribution in [-0.2, 0) is 4.74 Å². The molecule has 3 N–H and O–H groups in total. The molecule has 4 nitrogen and oxygen atoms in total. The highest BCUT2D eigenvalue weighted by molar-refractivity contribution is 5.39. The van der Waals surface area contributed by atoms with Gasteiger partial charge in [-0.05, 0) is 93.6 Å². The SMILES string of the molecule is C=C1/C(=C/C=C2\CCC[C@]3(C)[C@@H]([C@H](C)OCCC(C)(C)O)CC[C@]23C)C[C@@H](O)C[C@@H]1O. The molecule has 4 heteroatoms. The van der Waals surface area contributed by atoms with Crippen LogP contribution in [0.15, 0.2) is 35.5 Å². The van der Waals surface area contributed by atoms with Gasteiger partial charge >= 0.3 is 0 Å². The summed E-state index contributed by atoms with van der Waals surface area (Å²) < 4.78 is 6.23. The number of fused-ring (bicyclic) bond motifs is 1. The van der Waals surface area contributed by atoms with E-state index in [4.69, 9.17) is 4.74 Å². The number of ether oxygens (including phenoxy) is 1. The van der Waals surface area contributed by atoms with Gasteiger partial charge in [0.05, 0.1) is 23.9 Å². The molecule has 0 saturated heterocycles. The number of hydrogen-bond donors (Lipinski definition) is 3. The minimum atomic E-state index is -0.688. The van der Waals surface area contributed by atoms with Crippen LogP contribution >= 0.6 is 0 Å². The zero-order valence-corrected chi connectivity index (χ0v) is 20.3. The summed E-state index contributed by atoms with van der Waals surface area (Å²) in [6.07, 6.45) is 10.9. The molecule has 3 aliphatic rings. The van der Waals surface area contributed by atoms with E-state index in [-0.39, 0.29) is 16.9 Å². The van der Waals surface area contributed by atoms with E-state index in [0.717, 1.165) is 30.4 Å². The average molecular weight is 433 g/mol. The molecule has 0 radical (unpaired) electrons. The van der Waals surface area contributed by atoms with E-state index in [1.807, 2.05) is 13.8 Å². The Labute approximate surface area is 189 Å². The van der Waals surface area contributed by atoms with Crippen LogP contribution in [0.1, 0.15) is 86.0 Å². The van der Waals surface area contributed by atoms with Gasteiger partial charge in [0.2, 0.25) is 0 Å². The topological polar surface area (TPSA) is 69.9 Å². The number of hydrogen-bond acceptors (Lipinski definition) is 4. The van der Waals surface area contributed by atoms with Crippen molar-refractivity contribution < 1.29 is 20.1 Å². The zero-order valence-electron chi connectivity index (χ0n) is 20.3. The van der Waals surface area contributed by atoms with Gasteiger partial charge in [0.1, 0.15) is 0 Å². The van der Waals surface area contributed by atoms with Crippen LogP contribution in [0.2, 0.25) is 0 Å². The lowest BCUT2D eigenvalue weighted by molar-refractivity contribution is -0.0581. The average Bonchev–Trinajstić information content (AvgIpc) is 2.94. The van der Waals surface area contributed by atoms with Gasteiger partial charge < -0.3 is 20.1 Å². The molecule has 0 aromatic heterocycles. The van der Waals surface area contributed by atoms with Crippen molar-refractivity contribution in [1.29, 1.82) is 0 Å². The van der Waals surface area contributed by atoms with Crippen LogP contribution in [0, 0.1) is 16.7 Å². The third-order valence-corrected chi connectivity index (χ3v) is 8.80. The standard InChI is InChI=1S/C27H44O4/c1-18-20(16-22(28)17-24(18)29)9-10-21-8-7-12-27(6)23(11-13-26(21,27)5)19(2)31-15-14-25(3,4)30/h9-10,19,22-24,28-30H,1,7-8,11-17H2,2-6H3/b20-9+,21-10+/t19-,22+,23+,24-,26+,27+/m0/s1. The van der Waals surface area contributed by atoms with Crippen LogP contribution in [-0.4, -0.2) is 45.8 Å². The van der Waals surface area contributed by atoms with E-state index in [1.165, 1.54) is 18.4 Å². The first-order valence-corrected chi connectivity index (χ1v) is 12.2. The minimum Gasteiger partial charge on any atom is -0.393 e. The van der Waals surface area contributed by atoms with Crippen LogP contribution in [0.5, 0.6) is 0 Å². The molecular weight excluding hydrogens is 388 g/mol. The molecule has 176 valence electrons. The molecule has 31 heavy (non-hydrogen) atoms. The fourth-order valence-corrected chi connectivity index (χ4v) is 6.46. The predicted octanol–water partition coefficient (Wildman–Crippen LogP) is 5.08. The minimum absolute atomic E-state index is 0.133. The highest BCUT2D eigenvalue weighted by Crippen LogP contribution is 2.66. The summed E-state index contributed by atoms with van der Waals surface area (Å²) in [5.74, 6) is 0.504. The molecule has 0 aromatic carbocycles. The smallest absolute Gasteiger partial charge is 0.0811 e. The maximum atomic E-state index is 10.2. The first kappa shape index (κ1) is 24.7. The van der Waals surface area contributed by atoms with Crippen molar-refractivity contribution in [3.63, 3.8) is 0 Å². The van der Waals surface area contributed by atoms with E-state index in [0.29, 0.717) is 31.8 Å². The third-order valence-electron chi connectivity index (χ3n) is 8.80. The van der Waals surface area contributed by atoms with E-state index in [1.54, 1.807) is 0 Å². The van der Waals surface area contributed by atoms with Gasteiger partial charge in [0.25, 0.3) is 0 Å². The molecule has 0 spiro atoms. The molecule has 0 amide bonds. The first-order valence-electron chi connectivity index (χ1n) is 12.2.